The minimum Gasteiger partial charge on any atom is -0.375 e. The van der Waals surface area contributed by atoms with E-state index in [9.17, 15) is 14.4 Å². The van der Waals surface area contributed by atoms with Crippen LogP contribution in [0, 0.1) is 0 Å². The Labute approximate surface area is 196 Å². The summed E-state index contributed by atoms with van der Waals surface area (Å²) < 4.78 is 0. The van der Waals surface area contributed by atoms with E-state index < -0.39 is 11.8 Å². The molecule has 0 spiro atoms. The van der Waals surface area contributed by atoms with E-state index in [0.29, 0.717) is 16.1 Å². The second-order valence-electron chi connectivity index (χ2n) is 7.98. The van der Waals surface area contributed by atoms with Gasteiger partial charge in [0.2, 0.25) is 0 Å². The molecular formula is C24H23Cl2N3O3. The van der Waals surface area contributed by atoms with Crippen LogP contribution in [0.2, 0.25) is 5.02 Å². The number of rotatable bonds is 7. The highest BCUT2D eigenvalue weighted by atomic mass is 35.5. The van der Waals surface area contributed by atoms with Crippen molar-refractivity contribution in [1.29, 1.82) is 0 Å². The van der Waals surface area contributed by atoms with Crippen LogP contribution in [0.15, 0.2) is 59.3 Å². The second-order valence-corrected chi connectivity index (χ2v) is 8.77. The maximum Gasteiger partial charge on any atom is 0.278 e. The van der Waals surface area contributed by atoms with E-state index in [1.54, 1.807) is 36.4 Å². The van der Waals surface area contributed by atoms with Gasteiger partial charge >= 0.3 is 0 Å². The lowest BCUT2D eigenvalue weighted by atomic mass is 10.1. The van der Waals surface area contributed by atoms with Crippen molar-refractivity contribution < 1.29 is 14.4 Å². The summed E-state index contributed by atoms with van der Waals surface area (Å²) in [5.74, 6) is -1.13. The van der Waals surface area contributed by atoms with E-state index in [-0.39, 0.29) is 35.8 Å². The molecule has 1 heterocycles. The molecule has 0 unspecified atom stereocenters. The third-order valence-electron chi connectivity index (χ3n) is 5.77. The standard InChI is InChI=1S/C24H23Cl2N3O3/c25-19-8-4-1-5-17(19)14-29-23(31)20(26)21(24(29)32)27-13-15-9-11-16(12-10-15)22(30)28-18-6-2-3-7-18/h1,4-5,8-12,18,27H,2-3,6-7,13-14H2,(H,28,30). The van der Waals surface area contributed by atoms with Crippen molar-refractivity contribution in [3.8, 4) is 0 Å². The Morgan fingerprint density at radius 3 is 2.34 bits per heavy atom. The molecule has 1 saturated carbocycles. The van der Waals surface area contributed by atoms with Crippen LogP contribution in [-0.4, -0.2) is 28.7 Å². The van der Waals surface area contributed by atoms with E-state index in [4.69, 9.17) is 23.2 Å². The average Bonchev–Trinajstić information content (AvgIpc) is 3.37. The zero-order valence-corrected chi connectivity index (χ0v) is 18.9. The minimum absolute atomic E-state index is 0.0452. The number of hydrogen-bond acceptors (Lipinski definition) is 4. The summed E-state index contributed by atoms with van der Waals surface area (Å²) in [5, 5.41) is 6.36. The minimum atomic E-state index is -0.557. The summed E-state index contributed by atoms with van der Waals surface area (Å²) in [6, 6.07) is 14.4. The third kappa shape index (κ3) is 4.81. The van der Waals surface area contributed by atoms with Crippen LogP contribution in [0.1, 0.15) is 47.2 Å². The molecule has 0 radical (unpaired) electrons. The number of benzene rings is 2. The van der Waals surface area contributed by atoms with Gasteiger partial charge in [-0.2, -0.15) is 0 Å². The van der Waals surface area contributed by atoms with Crippen LogP contribution in [0.4, 0.5) is 0 Å². The van der Waals surface area contributed by atoms with Crippen molar-refractivity contribution in [1.82, 2.24) is 15.5 Å². The zero-order valence-electron chi connectivity index (χ0n) is 17.4. The summed E-state index contributed by atoms with van der Waals surface area (Å²) in [4.78, 5) is 38.7. The molecule has 0 aromatic heterocycles. The topological polar surface area (TPSA) is 78.5 Å². The average molecular weight is 472 g/mol. The fourth-order valence-electron chi connectivity index (χ4n) is 3.94. The molecule has 2 N–H and O–H groups in total. The van der Waals surface area contributed by atoms with Crippen LogP contribution in [-0.2, 0) is 22.7 Å². The van der Waals surface area contributed by atoms with Gasteiger partial charge in [-0.25, -0.2) is 0 Å². The first-order valence-corrected chi connectivity index (χ1v) is 11.3. The molecule has 1 aliphatic heterocycles. The summed E-state index contributed by atoms with van der Waals surface area (Å²) in [6.07, 6.45) is 4.38. The fraction of sp³-hybridized carbons (Fsp3) is 0.292. The van der Waals surface area contributed by atoms with Crippen LogP contribution >= 0.6 is 23.2 Å². The van der Waals surface area contributed by atoms with Gasteiger partial charge in [0.1, 0.15) is 10.7 Å². The Kier molecular flexibility index (Phi) is 6.82. The normalized spacial score (nSPS) is 16.8. The summed E-state index contributed by atoms with van der Waals surface area (Å²) in [5.41, 5.74) is 2.17. The van der Waals surface area contributed by atoms with E-state index >= 15 is 0 Å². The third-order valence-corrected chi connectivity index (χ3v) is 6.49. The van der Waals surface area contributed by atoms with E-state index in [1.807, 2.05) is 12.1 Å². The van der Waals surface area contributed by atoms with Crippen molar-refractivity contribution in [2.45, 2.75) is 44.8 Å². The van der Waals surface area contributed by atoms with Gasteiger partial charge in [0.05, 0.1) is 6.54 Å². The highest BCUT2D eigenvalue weighted by Crippen LogP contribution is 2.26. The number of carbonyl (C=O) groups excluding carboxylic acids is 3. The molecule has 8 heteroatoms. The number of carbonyl (C=O) groups is 3. The number of imide groups is 1. The lowest BCUT2D eigenvalue weighted by Crippen LogP contribution is -2.33. The fourth-order valence-corrected chi connectivity index (χ4v) is 4.39. The van der Waals surface area contributed by atoms with Gasteiger partial charge in [0.25, 0.3) is 17.7 Å². The quantitative estimate of drug-likeness (QED) is 0.595. The van der Waals surface area contributed by atoms with Gasteiger partial charge in [-0.15, -0.1) is 0 Å². The first kappa shape index (κ1) is 22.4. The molecule has 0 atom stereocenters. The van der Waals surface area contributed by atoms with Gasteiger partial charge in [0, 0.05) is 23.2 Å². The Bertz CT molecular complexity index is 1080. The SMILES string of the molecule is O=C(NC1CCCC1)c1ccc(CNC2=C(Cl)C(=O)N(Cc3ccccc3Cl)C2=O)cc1. The second kappa shape index (κ2) is 9.76. The molecule has 1 fully saturated rings. The Morgan fingerprint density at radius 2 is 1.66 bits per heavy atom. The molecule has 2 aromatic carbocycles. The maximum atomic E-state index is 12.8. The predicted octanol–water partition coefficient (Wildman–Crippen LogP) is 4.12. The molecule has 0 saturated heterocycles. The molecule has 166 valence electrons. The Morgan fingerprint density at radius 1 is 0.969 bits per heavy atom. The van der Waals surface area contributed by atoms with Crippen molar-refractivity contribution in [2.24, 2.45) is 0 Å². The molecule has 32 heavy (non-hydrogen) atoms. The molecule has 6 nitrogen and oxygen atoms in total. The van der Waals surface area contributed by atoms with Crippen molar-refractivity contribution >= 4 is 40.9 Å². The van der Waals surface area contributed by atoms with Crippen molar-refractivity contribution in [2.75, 3.05) is 0 Å². The molecule has 4 rings (SSSR count). The Hall–Kier alpha value is -2.83. The summed E-state index contributed by atoms with van der Waals surface area (Å²) in [7, 11) is 0. The maximum absolute atomic E-state index is 12.8. The number of halogens is 2. The van der Waals surface area contributed by atoms with Gasteiger partial charge in [0.15, 0.2) is 0 Å². The predicted molar refractivity (Wildman–Crippen MR) is 123 cm³/mol. The molecular weight excluding hydrogens is 449 g/mol. The summed E-state index contributed by atoms with van der Waals surface area (Å²) >= 11 is 12.3. The monoisotopic (exact) mass is 471 g/mol. The van der Waals surface area contributed by atoms with Crippen LogP contribution in [0.25, 0.3) is 0 Å². The van der Waals surface area contributed by atoms with E-state index in [1.165, 1.54) is 0 Å². The largest absolute Gasteiger partial charge is 0.375 e. The number of hydrogen-bond donors (Lipinski definition) is 2. The lowest BCUT2D eigenvalue weighted by molar-refractivity contribution is -0.138. The highest BCUT2D eigenvalue weighted by Gasteiger charge is 2.37. The van der Waals surface area contributed by atoms with Crippen LogP contribution < -0.4 is 10.6 Å². The Balaban J connectivity index is 1.36. The first-order valence-electron chi connectivity index (χ1n) is 10.6. The van der Waals surface area contributed by atoms with E-state index in [2.05, 4.69) is 10.6 Å². The van der Waals surface area contributed by atoms with Gasteiger partial charge in [-0.05, 0) is 42.2 Å². The first-order chi connectivity index (χ1) is 15.4. The van der Waals surface area contributed by atoms with Crippen molar-refractivity contribution in [3.05, 3.63) is 81.0 Å². The van der Waals surface area contributed by atoms with Gasteiger partial charge < -0.3 is 10.6 Å². The van der Waals surface area contributed by atoms with Gasteiger partial charge in [-0.1, -0.05) is 66.4 Å². The summed E-state index contributed by atoms with van der Waals surface area (Å²) in [6.45, 7) is 0.332. The highest BCUT2D eigenvalue weighted by molar-refractivity contribution is 6.47. The molecule has 2 aliphatic rings. The molecule has 0 bridgehead atoms. The van der Waals surface area contributed by atoms with Gasteiger partial charge in [-0.3, -0.25) is 19.3 Å². The van der Waals surface area contributed by atoms with E-state index in [0.717, 1.165) is 36.1 Å². The molecule has 1 aliphatic carbocycles. The van der Waals surface area contributed by atoms with Crippen LogP contribution in [0.5, 0.6) is 0 Å². The molecule has 2 aromatic rings. The van der Waals surface area contributed by atoms with Crippen molar-refractivity contribution in [3.63, 3.8) is 0 Å². The van der Waals surface area contributed by atoms with Crippen LogP contribution in [0.3, 0.4) is 0 Å². The molecule has 3 amide bonds. The zero-order chi connectivity index (χ0) is 22.7. The number of nitrogens with zero attached hydrogens (tertiary/aromatic N) is 1. The smallest absolute Gasteiger partial charge is 0.278 e. The number of nitrogens with one attached hydrogen (secondary N) is 2. The number of amides is 3. The lowest BCUT2D eigenvalue weighted by Gasteiger charge is -2.16.